The van der Waals surface area contributed by atoms with E-state index >= 15 is 0 Å². The second-order valence-corrected chi connectivity index (χ2v) is 7.85. The zero-order valence-corrected chi connectivity index (χ0v) is 17.5. The summed E-state index contributed by atoms with van der Waals surface area (Å²) in [5.41, 5.74) is 2.33. The molecule has 1 saturated heterocycles. The number of ether oxygens (including phenoxy) is 1. The van der Waals surface area contributed by atoms with Crippen LogP contribution in [0.15, 0.2) is 23.2 Å². The van der Waals surface area contributed by atoms with Crippen LogP contribution in [0.25, 0.3) is 0 Å². The average Bonchev–Trinajstić information content (AvgIpc) is 3.39. The van der Waals surface area contributed by atoms with E-state index in [0.29, 0.717) is 19.1 Å². The number of likely N-dealkylation sites (tertiary alicyclic amines) is 1. The van der Waals surface area contributed by atoms with E-state index in [-0.39, 0.29) is 12.0 Å². The number of nitrogens with zero attached hydrogens (tertiary/aromatic N) is 2. The number of aliphatic imine (C=N–C) groups is 1. The molecule has 1 amide bonds. The molecule has 0 aromatic heterocycles. The Morgan fingerprint density at radius 3 is 2.75 bits per heavy atom. The summed E-state index contributed by atoms with van der Waals surface area (Å²) in [5.74, 6) is 2.34. The van der Waals surface area contributed by atoms with E-state index in [1.807, 2.05) is 17.9 Å². The second kappa shape index (κ2) is 9.80. The van der Waals surface area contributed by atoms with Crippen LogP contribution in [0.2, 0.25) is 0 Å². The Bertz CT molecular complexity index is 698. The molecule has 0 spiro atoms. The zero-order chi connectivity index (χ0) is 19.9. The molecule has 28 heavy (non-hydrogen) atoms. The van der Waals surface area contributed by atoms with Crippen LogP contribution < -0.4 is 15.4 Å². The summed E-state index contributed by atoms with van der Waals surface area (Å²) in [6, 6.07) is 6.51. The van der Waals surface area contributed by atoms with Crippen LogP contribution in [0.1, 0.15) is 50.2 Å². The summed E-state index contributed by atoms with van der Waals surface area (Å²) in [4.78, 5) is 19.0. The lowest BCUT2D eigenvalue weighted by Gasteiger charge is -2.21. The number of carbonyl (C=O) groups excluding carboxylic acids is 1. The van der Waals surface area contributed by atoms with E-state index in [0.717, 1.165) is 49.6 Å². The molecule has 1 saturated carbocycles. The first-order valence-corrected chi connectivity index (χ1v) is 10.6. The van der Waals surface area contributed by atoms with E-state index in [1.165, 1.54) is 18.4 Å². The van der Waals surface area contributed by atoms with Gasteiger partial charge in [0.2, 0.25) is 5.91 Å². The first-order valence-electron chi connectivity index (χ1n) is 10.6. The molecule has 2 N–H and O–H groups in total. The van der Waals surface area contributed by atoms with Crippen LogP contribution in [0, 0.1) is 12.8 Å². The van der Waals surface area contributed by atoms with Crippen molar-refractivity contribution in [2.75, 3.05) is 26.7 Å². The van der Waals surface area contributed by atoms with Crippen molar-refractivity contribution in [1.82, 2.24) is 15.5 Å². The predicted octanol–water partition coefficient (Wildman–Crippen LogP) is 2.85. The number of guanidine groups is 1. The summed E-state index contributed by atoms with van der Waals surface area (Å²) in [7, 11) is 1.79. The molecule has 2 aliphatic rings. The molecule has 1 atom stereocenters. The molecule has 0 radical (unpaired) electrons. The molecule has 1 aromatic rings. The topological polar surface area (TPSA) is 66.0 Å². The number of carbonyl (C=O) groups is 1. The minimum atomic E-state index is 0.263. The standard InChI is InChI=1S/C22H34N4O2/c1-4-28-20-10-9-17(13-16(20)2)14-24-22(23-3)25-19-11-12-26(15-19)21(27)18-7-5-6-8-18/h9-10,13,18-19H,4-8,11-12,14-15H2,1-3H3,(H2,23,24,25). The van der Waals surface area contributed by atoms with Gasteiger partial charge in [-0.1, -0.05) is 25.0 Å². The lowest BCUT2D eigenvalue weighted by molar-refractivity contribution is -0.134. The van der Waals surface area contributed by atoms with Crippen molar-refractivity contribution in [2.45, 2.75) is 58.5 Å². The van der Waals surface area contributed by atoms with Gasteiger partial charge in [0.05, 0.1) is 6.61 Å². The van der Waals surface area contributed by atoms with Crippen molar-refractivity contribution in [2.24, 2.45) is 10.9 Å². The number of aryl methyl sites for hydroxylation is 1. The number of hydrogen-bond donors (Lipinski definition) is 2. The smallest absolute Gasteiger partial charge is 0.225 e. The SMILES string of the molecule is CCOc1ccc(CNC(=NC)NC2CCN(C(=O)C3CCCC3)C2)cc1C. The normalized spacial score (nSPS) is 20.5. The molecular formula is C22H34N4O2. The highest BCUT2D eigenvalue weighted by atomic mass is 16.5. The van der Waals surface area contributed by atoms with Crippen molar-refractivity contribution >= 4 is 11.9 Å². The van der Waals surface area contributed by atoms with E-state index in [4.69, 9.17) is 4.74 Å². The van der Waals surface area contributed by atoms with Crippen LogP contribution in [0.4, 0.5) is 0 Å². The minimum Gasteiger partial charge on any atom is -0.494 e. The molecule has 6 nitrogen and oxygen atoms in total. The van der Waals surface area contributed by atoms with Gasteiger partial charge in [-0.2, -0.15) is 0 Å². The Labute approximate surface area is 168 Å². The highest BCUT2D eigenvalue weighted by Crippen LogP contribution is 2.27. The predicted molar refractivity (Wildman–Crippen MR) is 113 cm³/mol. The fourth-order valence-corrected chi connectivity index (χ4v) is 4.22. The number of rotatable bonds is 6. The first-order chi connectivity index (χ1) is 13.6. The van der Waals surface area contributed by atoms with Crippen LogP contribution in [-0.4, -0.2) is 49.6 Å². The van der Waals surface area contributed by atoms with Crippen molar-refractivity contribution < 1.29 is 9.53 Å². The Hall–Kier alpha value is -2.24. The molecule has 0 bridgehead atoms. The van der Waals surface area contributed by atoms with E-state index in [9.17, 15) is 4.79 Å². The van der Waals surface area contributed by atoms with Crippen LogP contribution in [-0.2, 0) is 11.3 Å². The molecule has 2 fully saturated rings. The van der Waals surface area contributed by atoms with E-state index < -0.39 is 0 Å². The van der Waals surface area contributed by atoms with Gasteiger partial charge in [0.25, 0.3) is 0 Å². The third-order valence-electron chi connectivity index (χ3n) is 5.77. The molecule has 6 heteroatoms. The lowest BCUT2D eigenvalue weighted by Crippen LogP contribution is -2.45. The quantitative estimate of drug-likeness (QED) is 0.583. The van der Waals surface area contributed by atoms with Gasteiger partial charge in [-0.15, -0.1) is 0 Å². The van der Waals surface area contributed by atoms with Gasteiger partial charge in [-0.05, 0) is 50.3 Å². The summed E-state index contributed by atoms with van der Waals surface area (Å²) in [5, 5.41) is 6.86. The maximum absolute atomic E-state index is 12.6. The first kappa shape index (κ1) is 20.5. The van der Waals surface area contributed by atoms with Crippen LogP contribution in [0.3, 0.4) is 0 Å². The van der Waals surface area contributed by atoms with Gasteiger partial charge in [-0.3, -0.25) is 9.79 Å². The summed E-state index contributed by atoms with van der Waals surface area (Å²) in [6.07, 6.45) is 5.51. The molecule has 1 aliphatic carbocycles. The Balaban J connectivity index is 1.47. The number of amides is 1. The highest BCUT2D eigenvalue weighted by molar-refractivity contribution is 5.81. The third-order valence-corrected chi connectivity index (χ3v) is 5.77. The van der Waals surface area contributed by atoms with Gasteiger partial charge < -0.3 is 20.3 Å². The van der Waals surface area contributed by atoms with Gasteiger partial charge >= 0.3 is 0 Å². The zero-order valence-electron chi connectivity index (χ0n) is 17.5. The molecule has 154 valence electrons. The maximum atomic E-state index is 12.6. The van der Waals surface area contributed by atoms with Gasteiger partial charge in [-0.25, -0.2) is 0 Å². The summed E-state index contributed by atoms with van der Waals surface area (Å²) < 4.78 is 5.60. The monoisotopic (exact) mass is 386 g/mol. The van der Waals surface area contributed by atoms with Crippen molar-refractivity contribution in [3.05, 3.63) is 29.3 Å². The molecule has 1 heterocycles. The summed E-state index contributed by atoms with van der Waals surface area (Å²) in [6.45, 7) is 7.06. The fraction of sp³-hybridized carbons (Fsp3) is 0.636. The Morgan fingerprint density at radius 2 is 2.07 bits per heavy atom. The second-order valence-electron chi connectivity index (χ2n) is 7.85. The van der Waals surface area contributed by atoms with Crippen molar-refractivity contribution in [1.29, 1.82) is 0 Å². The third kappa shape index (κ3) is 5.18. The molecule has 1 unspecified atom stereocenters. The fourth-order valence-electron chi connectivity index (χ4n) is 4.22. The number of nitrogens with one attached hydrogen (secondary N) is 2. The Kier molecular flexibility index (Phi) is 7.18. The van der Waals surface area contributed by atoms with Gasteiger partial charge in [0, 0.05) is 38.6 Å². The molecular weight excluding hydrogens is 352 g/mol. The van der Waals surface area contributed by atoms with E-state index in [1.54, 1.807) is 7.05 Å². The van der Waals surface area contributed by atoms with Crippen molar-refractivity contribution in [3.63, 3.8) is 0 Å². The summed E-state index contributed by atoms with van der Waals surface area (Å²) >= 11 is 0. The maximum Gasteiger partial charge on any atom is 0.225 e. The van der Waals surface area contributed by atoms with Crippen LogP contribution in [0.5, 0.6) is 5.75 Å². The molecule has 3 rings (SSSR count). The van der Waals surface area contributed by atoms with E-state index in [2.05, 4.69) is 34.7 Å². The number of benzene rings is 1. The van der Waals surface area contributed by atoms with Gasteiger partial charge in [0.15, 0.2) is 5.96 Å². The largest absolute Gasteiger partial charge is 0.494 e. The molecule has 1 aliphatic heterocycles. The number of hydrogen-bond acceptors (Lipinski definition) is 3. The van der Waals surface area contributed by atoms with Crippen LogP contribution >= 0.6 is 0 Å². The minimum absolute atomic E-state index is 0.263. The Morgan fingerprint density at radius 1 is 1.29 bits per heavy atom. The lowest BCUT2D eigenvalue weighted by atomic mass is 10.1. The average molecular weight is 387 g/mol. The molecule has 1 aromatic carbocycles. The van der Waals surface area contributed by atoms with Gasteiger partial charge in [0.1, 0.15) is 5.75 Å². The highest BCUT2D eigenvalue weighted by Gasteiger charge is 2.32. The van der Waals surface area contributed by atoms with Crippen molar-refractivity contribution in [3.8, 4) is 5.75 Å².